The molecule has 0 saturated carbocycles. The Bertz CT molecular complexity index is 1200. The molecule has 1 atom stereocenters. The van der Waals surface area contributed by atoms with Gasteiger partial charge < -0.3 is 9.47 Å². The van der Waals surface area contributed by atoms with Gasteiger partial charge in [0.25, 0.3) is 0 Å². The Morgan fingerprint density at radius 2 is 1.27 bits per heavy atom. The SMILES string of the molecule is COC(=O)[C@@H](COc1cccc(C(F)(F)F)n1)NC(c1ccccc1)(c1ccccc1)c1ccccc1. The first-order valence-corrected chi connectivity index (χ1v) is 11.5. The number of carbonyl (C=O) groups excluding carboxylic acids is 1. The van der Waals surface area contributed by atoms with Gasteiger partial charge in [0.15, 0.2) is 0 Å². The number of esters is 1. The largest absolute Gasteiger partial charge is 0.475 e. The number of benzene rings is 3. The lowest BCUT2D eigenvalue weighted by Gasteiger charge is -2.39. The van der Waals surface area contributed by atoms with Crippen LogP contribution in [0.4, 0.5) is 13.2 Å². The average molecular weight is 507 g/mol. The zero-order chi connectivity index (χ0) is 26.3. The van der Waals surface area contributed by atoms with E-state index in [1.807, 2.05) is 91.0 Å². The smallest absolute Gasteiger partial charge is 0.433 e. The van der Waals surface area contributed by atoms with Crippen molar-refractivity contribution in [3.8, 4) is 5.88 Å². The van der Waals surface area contributed by atoms with E-state index in [4.69, 9.17) is 9.47 Å². The third-order valence-corrected chi connectivity index (χ3v) is 5.91. The fourth-order valence-electron chi connectivity index (χ4n) is 4.21. The van der Waals surface area contributed by atoms with Gasteiger partial charge in [-0.2, -0.15) is 13.2 Å². The summed E-state index contributed by atoms with van der Waals surface area (Å²) >= 11 is 0. The molecule has 0 aliphatic carbocycles. The van der Waals surface area contributed by atoms with Gasteiger partial charge in [-0.15, -0.1) is 0 Å². The summed E-state index contributed by atoms with van der Waals surface area (Å²) in [5, 5.41) is 3.43. The lowest BCUT2D eigenvalue weighted by atomic mass is 9.76. The molecule has 0 aliphatic heterocycles. The highest BCUT2D eigenvalue weighted by atomic mass is 19.4. The Kier molecular flexibility index (Phi) is 7.89. The minimum Gasteiger partial charge on any atom is -0.475 e. The Hall–Kier alpha value is -4.17. The number of nitrogens with one attached hydrogen (secondary N) is 1. The maximum absolute atomic E-state index is 13.1. The summed E-state index contributed by atoms with van der Waals surface area (Å²) < 4.78 is 50.0. The average Bonchev–Trinajstić information content (AvgIpc) is 2.94. The van der Waals surface area contributed by atoms with Crippen LogP contribution < -0.4 is 10.1 Å². The van der Waals surface area contributed by atoms with E-state index in [-0.39, 0.29) is 12.5 Å². The predicted molar refractivity (Wildman–Crippen MR) is 133 cm³/mol. The Balaban J connectivity index is 1.78. The zero-order valence-electron chi connectivity index (χ0n) is 20.0. The lowest BCUT2D eigenvalue weighted by Crippen LogP contribution is -2.55. The van der Waals surface area contributed by atoms with Crippen LogP contribution in [0.5, 0.6) is 5.88 Å². The minimum absolute atomic E-state index is 0.254. The molecule has 0 amide bonds. The van der Waals surface area contributed by atoms with Crippen LogP contribution in [0.25, 0.3) is 0 Å². The summed E-state index contributed by atoms with van der Waals surface area (Å²) in [5.74, 6) is -0.894. The number of methoxy groups -OCH3 is 1. The molecule has 4 rings (SSSR count). The van der Waals surface area contributed by atoms with Crippen LogP contribution in [0.2, 0.25) is 0 Å². The van der Waals surface area contributed by atoms with E-state index in [9.17, 15) is 18.0 Å². The topological polar surface area (TPSA) is 60.5 Å². The summed E-state index contributed by atoms with van der Waals surface area (Å²) in [6.07, 6.45) is -4.62. The minimum atomic E-state index is -4.62. The third kappa shape index (κ3) is 5.81. The van der Waals surface area contributed by atoms with Crippen LogP contribution in [-0.4, -0.2) is 30.7 Å². The van der Waals surface area contributed by atoms with E-state index in [1.54, 1.807) is 0 Å². The lowest BCUT2D eigenvalue weighted by molar-refractivity contribution is -0.145. The van der Waals surface area contributed by atoms with Gasteiger partial charge >= 0.3 is 12.1 Å². The first kappa shape index (κ1) is 25.9. The molecule has 190 valence electrons. The fraction of sp³-hybridized carbons (Fsp3) is 0.172. The van der Waals surface area contributed by atoms with Crippen LogP contribution in [-0.2, 0) is 21.2 Å². The quantitative estimate of drug-likeness (QED) is 0.237. The zero-order valence-corrected chi connectivity index (χ0v) is 20.0. The van der Waals surface area contributed by atoms with Crippen molar-refractivity contribution in [1.82, 2.24) is 10.3 Å². The molecule has 0 radical (unpaired) electrons. The van der Waals surface area contributed by atoms with Crippen LogP contribution in [0.15, 0.2) is 109 Å². The second kappa shape index (κ2) is 11.3. The summed E-state index contributed by atoms with van der Waals surface area (Å²) in [7, 11) is 1.24. The van der Waals surface area contributed by atoms with Gasteiger partial charge in [0.2, 0.25) is 5.88 Å². The summed E-state index contributed by atoms with van der Waals surface area (Å²) in [4.78, 5) is 16.5. The molecule has 1 aromatic heterocycles. The number of alkyl halides is 3. The van der Waals surface area contributed by atoms with E-state index >= 15 is 0 Å². The highest BCUT2D eigenvalue weighted by Crippen LogP contribution is 2.37. The monoisotopic (exact) mass is 506 g/mol. The van der Waals surface area contributed by atoms with E-state index in [0.29, 0.717) is 0 Å². The molecule has 1 N–H and O–H groups in total. The molecule has 5 nitrogen and oxygen atoms in total. The van der Waals surface area contributed by atoms with Crippen molar-refractivity contribution in [3.63, 3.8) is 0 Å². The number of carbonyl (C=O) groups is 1. The summed E-state index contributed by atoms with van der Waals surface area (Å²) in [6, 6.07) is 31.0. The maximum Gasteiger partial charge on any atom is 0.433 e. The standard InChI is InChI=1S/C29H25F3N2O3/c1-36-27(35)24(20-37-26-19-11-18-25(33-26)29(30,31)32)34-28(21-12-5-2-6-13-21,22-14-7-3-8-15-22)23-16-9-4-10-17-23/h2-19,24,34H,20H2,1H3/t24-/m1/s1. The molecule has 0 bridgehead atoms. The number of halogens is 3. The molecule has 0 saturated heterocycles. The summed E-state index contributed by atoms with van der Waals surface area (Å²) in [6.45, 7) is -0.324. The number of hydrogen-bond acceptors (Lipinski definition) is 5. The van der Waals surface area contributed by atoms with Crippen LogP contribution >= 0.6 is 0 Å². The van der Waals surface area contributed by atoms with Gasteiger partial charge in [-0.1, -0.05) is 97.1 Å². The second-order valence-corrected chi connectivity index (χ2v) is 8.24. The van der Waals surface area contributed by atoms with Crippen molar-refractivity contribution in [3.05, 3.63) is 132 Å². The van der Waals surface area contributed by atoms with Gasteiger partial charge in [-0.3, -0.25) is 10.1 Å². The highest BCUT2D eigenvalue weighted by molar-refractivity contribution is 5.76. The van der Waals surface area contributed by atoms with Crippen LogP contribution in [0.1, 0.15) is 22.4 Å². The first-order chi connectivity index (χ1) is 17.8. The van der Waals surface area contributed by atoms with E-state index in [1.165, 1.54) is 19.2 Å². The van der Waals surface area contributed by atoms with Gasteiger partial charge in [0.1, 0.15) is 18.3 Å². The number of ether oxygens (including phenoxy) is 2. The molecule has 4 aromatic rings. The van der Waals surface area contributed by atoms with E-state index < -0.39 is 29.4 Å². The third-order valence-electron chi connectivity index (χ3n) is 5.91. The Labute approximate surface area is 212 Å². The Morgan fingerprint density at radius 3 is 1.70 bits per heavy atom. The second-order valence-electron chi connectivity index (χ2n) is 8.24. The Morgan fingerprint density at radius 1 is 0.784 bits per heavy atom. The molecule has 37 heavy (non-hydrogen) atoms. The normalized spacial score (nSPS) is 12.5. The van der Waals surface area contributed by atoms with Gasteiger partial charge in [0.05, 0.1) is 12.6 Å². The van der Waals surface area contributed by atoms with E-state index in [0.717, 1.165) is 22.8 Å². The molecule has 1 heterocycles. The number of aromatic nitrogens is 1. The van der Waals surface area contributed by atoms with Crippen molar-refractivity contribution in [2.45, 2.75) is 17.8 Å². The molecule has 8 heteroatoms. The number of rotatable bonds is 9. The van der Waals surface area contributed by atoms with Crippen molar-refractivity contribution >= 4 is 5.97 Å². The first-order valence-electron chi connectivity index (χ1n) is 11.5. The summed E-state index contributed by atoms with van der Waals surface area (Å²) in [5.41, 5.74) is 0.433. The van der Waals surface area contributed by atoms with Crippen molar-refractivity contribution in [2.24, 2.45) is 0 Å². The molecular formula is C29H25F3N2O3. The molecule has 0 fully saturated rings. The van der Waals surface area contributed by atoms with E-state index in [2.05, 4.69) is 10.3 Å². The van der Waals surface area contributed by atoms with Crippen LogP contribution in [0.3, 0.4) is 0 Å². The fourth-order valence-corrected chi connectivity index (χ4v) is 4.21. The number of hydrogen-bond donors (Lipinski definition) is 1. The predicted octanol–water partition coefficient (Wildman–Crippen LogP) is 5.60. The van der Waals surface area contributed by atoms with Crippen molar-refractivity contribution in [1.29, 1.82) is 0 Å². The molecule has 0 aliphatic rings. The maximum atomic E-state index is 13.1. The number of nitrogens with zero attached hydrogens (tertiary/aromatic N) is 1. The number of pyridine rings is 1. The molecule has 0 unspecified atom stereocenters. The van der Waals surface area contributed by atoms with Gasteiger partial charge in [-0.25, -0.2) is 4.98 Å². The highest BCUT2D eigenvalue weighted by Gasteiger charge is 2.40. The van der Waals surface area contributed by atoms with Gasteiger partial charge in [-0.05, 0) is 22.8 Å². The van der Waals surface area contributed by atoms with Crippen LogP contribution in [0, 0.1) is 0 Å². The molecular weight excluding hydrogens is 481 g/mol. The molecule has 0 spiro atoms. The van der Waals surface area contributed by atoms with Gasteiger partial charge in [0, 0.05) is 6.07 Å². The molecule has 3 aromatic carbocycles. The van der Waals surface area contributed by atoms with Crippen molar-refractivity contribution < 1.29 is 27.4 Å². The van der Waals surface area contributed by atoms with Crippen molar-refractivity contribution in [2.75, 3.05) is 13.7 Å².